The minimum Gasteiger partial charge on any atom is -0.301 e. The Hall–Kier alpha value is -2.14. The largest absolute Gasteiger partial charge is 0.301 e. The van der Waals surface area contributed by atoms with Gasteiger partial charge in [-0.25, -0.2) is 9.97 Å². The van der Waals surface area contributed by atoms with Crippen molar-refractivity contribution in [1.29, 1.82) is 0 Å². The third kappa shape index (κ3) is 5.31. The maximum absolute atomic E-state index is 12.1. The van der Waals surface area contributed by atoms with Crippen molar-refractivity contribution in [3.63, 3.8) is 0 Å². The monoisotopic (exact) mass is 561 g/mol. The van der Waals surface area contributed by atoms with Crippen LogP contribution < -0.4 is 5.32 Å². The van der Waals surface area contributed by atoms with Crippen molar-refractivity contribution in [2.75, 3.05) is 11.1 Å². The molecule has 1 amide bonds. The second-order valence-corrected chi connectivity index (χ2v) is 9.65. The van der Waals surface area contributed by atoms with Crippen LogP contribution in [0.1, 0.15) is 0 Å². The van der Waals surface area contributed by atoms with E-state index in [4.69, 9.17) is 4.98 Å². The maximum atomic E-state index is 12.1. The summed E-state index contributed by atoms with van der Waals surface area (Å²) in [7, 11) is 0. The van der Waals surface area contributed by atoms with Gasteiger partial charge in [0.25, 0.3) is 0 Å². The smallest absolute Gasteiger partial charge is 0.236 e. The zero-order chi connectivity index (χ0) is 20.9. The number of benzene rings is 2. The zero-order valence-electron chi connectivity index (χ0n) is 15.3. The molecule has 0 saturated carbocycles. The standard InChI is InChI=1S/C20H13Br2N5OS2/c21-14-5-1-12(2-6-14)17-18(13-3-7-15(22)8-4-13)26-27-20(25-17)30-11-16(28)24-19-23-9-10-29-19/h1-10H,11H2,(H,23,24,28). The molecule has 0 radical (unpaired) electrons. The Morgan fingerprint density at radius 3 is 2.17 bits per heavy atom. The van der Waals surface area contributed by atoms with Gasteiger partial charge in [-0.15, -0.1) is 21.5 Å². The first-order chi connectivity index (χ1) is 14.6. The third-order valence-electron chi connectivity index (χ3n) is 3.91. The number of hydrogen-bond donors (Lipinski definition) is 1. The lowest BCUT2D eigenvalue weighted by atomic mass is 10.0. The molecule has 0 aliphatic rings. The van der Waals surface area contributed by atoms with Gasteiger partial charge in [-0.1, -0.05) is 67.9 Å². The van der Waals surface area contributed by atoms with Gasteiger partial charge >= 0.3 is 0 Å². The molecule has 10 heteroatoms. The summed E-state index contributed by atoms with van der Waals surface area (Å²) < 4.78 is 1.96. The first kappa shape index (κ1) is 21.1. The van der Waals surface area contributed by atoms with Gasteiger partial charge in [0.15, 0.2) is 5.13 Å². The van der Waals surface area contributed by atoms with Crippen LogP contribution in [0.5, 0.6) is 0 Å². The number of thiazole rings is 1. The van der Waals surface area contributed by atoms with E-state index in [1.807, 2.05) is 48.5 Å². The number of hydrogen-bond acceptors (Lipinski definition) is 7. The van der Waals surface area contributed by atoms with Gasteiger partial charge in [0.05, 0.1) is 5.75 Å². The third-order valence-corrected chi connectivity index (χ3v) is 6.50. The summed E-state index contributed by atoms with van der Waals surface area (Å²) in [6, 6.07) is 15.7. The van der Waals surface area contributed by atoms with E-state index in [2.05, 4.69) is 52.4 Å². The second kappa shape index (κ2) is 9.78. The molecule has 0 aliphatic heterocycles. The van der Waals surface area contributed by atoms with Gasteiger partial charge in [-0.3, -0.25) is 4.79 Å². The molecular formula is C20H13Br2N5OS2. The van der Waals surface area contributed by atoms with Gasteiger partial charge < -0.3 is 5.32 Å². The Balaban J connectivity index is 1.61. The van der Waals surface area contributed by atoms with Crippen LogP contribution in [0.2, 0.25) is 0 Å². The molecule has 0 unspecified atom stereocenters. The molecule has 0 atom stereocenters. The number of rotatable bonds is 6. The van der Waals surface area contributed by atoms with Crippen molar-refractivity contribution < 1.29 is 4.79 Å². The fourth-order valence-corrected chi connectivity index (χ4v) is 4.21. The Kier molecular flexibility index (Phi) is 6.88. The first-order valence-corrected chi connectivity index (χ1v) is 12.1. The van der Waals surface area contributed by atoms with E-state index >= 15 is 0 Å². The molecule has 0 saturated heterocycles. The number of carbonyl (C=O) groups excluding carboxylic acids is 1. The van der Waals surface area contributed by atoms with E-state index in [0.717, 1.165) is 20.1 Å². The Morgan fingerprint density at radius 1 is 0.933 bits per heavy atom. The van der Waals surface area contributed by atoms with E-state index < -0.39 is 0 Å². The Morgan fingerprint density at radius 2 is 1.57 bits per heavy atom. The van der Waals surface area contributed by atoms with Crippen molar-refractivity contribution in [2.24, 2.45) is 0 Å². The molecule has 30 heavy (non-hydrogen) atoms. The fourth-order valence-electron chi connectivity index (χ4n) is 2.55. The summed E-state index contributed by atoms with van der Waals surface area (Å²) in [5, 5.41) is 14.2. The number of anilines is 1. The van der Waals surface area contributed by atoms with E-state index in [9.17, 15) is 4.79 Å². The number of amides is 1. The summed E-state index contributed by atoms with van der Waals surface area (Å²) in [4.78, 5) is 20.9. The number of carbonyl (C=O) groups is 1. The number of nitrogens with zero attached hydrogens (tertiary/aromatic N) is 4. The van der Waals surface area contributed by atoms with Crippen molar-refractivity contribution in [3.8, 4) is 22.5 Å². The molecule has 0 aliphatic carbocycles. The van der Waals surface area contributed by atoms with Crippen molar-refractivity contribution >= 4 is 66.0 Å². The van der Waals surface area contributed by atoms with Gasteiger partial charge in [0.2, 0.25) is 11.1 Å². The van der Waals surface area contributed by atoms with Crippen molar-refractivity contribution in [2.45, 2.75) is 5.16 Å². The quantitative estimate of drug-likeness (QED) is 0.294. The minimum atomic E-state index is -0.166. The highest BCUT2D eigenvalue weighted by atomic mass is 79.9. The van der Waals surface area contributed by atoms with Crippen LogP contribution >= 0.6 is 55.0 Å². The summed E-state index contributed by atoms with van der Waals surface area (Å²) in [5.74, 6) is -0.000647. The fraction of sp³-hybridized carbons (Fsp3) is 0.0500. The average Bonchev–Trinajstić information content (AvgIpc) is 3.26. The molecule has 2 heterocycles. The van der Waals surface area contributed by atoms with Crippen LogP contribution in [0.25, 0.3) is 22.5 Å². The van der Waals surface area contributed by atoms with Crippen LogP contribution in [-0.4, -0.2) is 31.8 Å². The van der Waals surface area contributed by atoms with Crippen LogP contribution in [0.15, 0.2) is 74.2 Å². The minimum absolute atomic E-state index is 0.165. The van der Waals surface area contributed by atoms with Crippen LogP contribution in [0.3, 0.4) is 0 Å². The molecule has 4 rings (SSSR count). The predicted molar refractivity (Wildman–Crippen MR) is 128 cm³/mol. The molecule has 6 nitrogen and oxygen atoms in total. The number of aromatic nitrogens is 4. The van der Waals surface area contributed by atoms with Gasteiger partial charge in [-0.2, -0.15) is 0 Å². The van der Waals surface area contributed by atoms with Crippen molar-refractivity contribution in [3.05, 3.63) is 69.1 Å². The summed E-state index contributed by atoms with van der Waals surface area (Å²) in [6.07, 6.45) is 1.64. The van der Waals surface area contributed by atoms with Gasteiger partial charge in [-0.05, 0) is 24.3 Å². The Bertz CT molecular complexity index is 1150. The van der Waals surface area contributed by atoms with Crippen LogP contribution in [0.4, 0.5) is 5.13 Å². The average molecular weight is 563 g/mol. The summed E-state index contributed by atoms with van der Waals surface area (Å²) >= 11 is 9.52. The van der Waals surface area contributed by atoms with Crippen molar-refractivity contribution in [1.82, 2.24) is 20.2 Å². The SMILES string of the molecule is O=C(CSc1nnc(-c2ccc(Br)cc2)c(-c2ccc(Br)cc2)n1)Nc1nccs1. The van der Waals surface area contributed by atoms with Gasteiger partial charge in [0.1, 0.15) is 11.4 Å². The van der Waals surface area contributed by atoms with E-state index in [0.29, 0.717) is 21.7 Å². The van der Waals surface area contributed by atoms with E-state index in [1.165, 1.54) is 23.1 Å². The normalized spacial score (nSPS) is 10.7. The molecule has 1 N–H and O–H groups in total. The zero-order valence-corrected chi connectivity index (χ0v) is 20.1. The number of nitrogens with one attached hydrogen (secondary N) is 1. The van der Waals surface area contributed by atoms with Gasteiger partial charge in [0, 0.05) is 31.6 Å². The lowest BCUT2D eigenvalue weighted by molar-refractivity contribution is -0.113. The highest BCUT2D eigenvalue weighted by molar-refractivity contribution is 9.10. The Labute approximate surface area is 197 Å². The molecule has 4 aromatic rings. The lowest BCUT2D eigenvalue weighted by Crippen LogP contribution is -2.14. The molecular weight excluding hydrogens is 550 g/mol. The molecule has 0 fully saturated rings. The number of halogens is 2. The maximum Gasteiger partial charge on any atom is 0.236 e. The molecule has 0 spiro atoms. The molecule has 0 bridgehead atoms. The first-order valence-electron chi connectivity index (χ1n) is 8.67. The summed E-state index contributed by atoms with van der Waals surface area (Å²) in [6.45, 7) is 0. The second-order valence-electron chi connectivity index (χ2n) is 5.98. The molecule has 2 aromatic carbocycles. The summed E-state index contributed by atoms with van der Waals surface area (Å²) in [5.41, 5.74) is 3.22. The van der Waals surface area contributed by atoms with E-state index in [-0.39, 0.29) is 11.7 Å². The van der Waals surface area contributed by atoms with Crippen LogP contribution in [0, 0.1) is 0 Å². The van der Waals surface area contributed by atoms with E-state index in [1.54, 1.807) is 11.6 Å². The molecule has 2 aromatic heterocycles. The highest BCUT2D eigenvalue weighted by Crippen LogP contribution is 2.31. The number of thioether (sulfide) groups is 1. The lowest BCUT2D eigenvalue weighted by Gasteiger charge is -2.10. The van der Waals surface area contributed by atoms with Crippen LogP contribution in [-0.2, 0) is 4.79 Å². The molecule has 150 valence electrons. The highest BCUT2D eigenvalue weighted by Gasteiger charge is 2.15. The topological polar surface area (TPSA) is 80.7 Å². The predicted octanol–water partition coefficient (Wildman–Crippen LogP) is 5.92.